The van der Waals surface area contributed by atoms with Gasteiger partial charge in [0, 0.05) is 28.5 Å². The van der Waals surface area contributed by atoms with Crippen molar-refractivity contribution in [2.24, 2.45) is 0 Å². The van der Waals surface area contributed by atoms with Gasteiger partial charge in [-0.05, 0) is 24.5 Å². The third-order valence-corrected chi connectivity index (χ3v) is 4.62. The molecule has 0 unspecified atom stereocenters. The Kier molecular flexibility index (Phi) is 6.16. The summed E-state index contributed by atoms with van der Waals surface area (Å²) in [5.41, 5.74) is 1.19. The van der Waals surface area contributed by atoms with Gasteiger partial charge < -0.3 is 10.1 Å². The highest BCUT2D eigenvalue weighted by Gasteiger charge is 2.32. The van der Waals surface area contributed by atoms with Crippen molar-refractivity contribution in [1.82, 2.24) is 9.78 Å². The summed E-state index contributed by atoms with van der Waals surface area (Å²) in [7, 11) is 3.25. The standard InChI is InChI=1S/C17H18B2ClF4N3O2/c18-17(19,20)11-4-3-9(5-12(11)29-16(23)24)25-15(28)10-6-27(7-13(21)22)26-14(10)8-1-2-8/h3-6,8,13,16H,1-2,7,18-19H2,(H,25,28). The predicted octanol–water partition coefficient (Wildman–Crippen LogP) is 2.49. The van der Waals surface area contributed by atoms with Crippen LogP contribution in [0.2, 0.25) is 0 Å². The largest absolute Gasteiger partial charge is 0.434 e. The summed E-state index contributed by atoms with van der Waals surface area (Å²) < 4.78 is 55.5. The van der Waals surface area contributed by atoms with Crippen LogP contribution in [0.25, 0.3) is 0 Å². The molecule has 0 radical (unpaired) electrons. The van der Waals surface area contributed by atoms with E-state index < -0.39 is 30.2 Å². The molecule has 0 aliphatic heterocycles. The molecule has 1 aliphatic rings. The van der Waals surface area contributed by atoms with Gasteiger partial charge in [-0.1, -0.05) is 6.07 Å². The molecular weight excluding hydrogens is 411 g/mol. The first-order chi connectivity index (χ1) is 13.5. The third kappa shape index (κ3) is 5.46. The van der Waals surface area contributed by atoms with Crippen LogP contribution in [0.1, 0.15) is 40.4 Å². The number of rotatable bonds is 8. The number of benzene rings is 1. The second-order valence-electron chi connectivity index (χ2n) is 7.33. The molecule has 0 bridgehead atoms. The van der Waals surface area contributed by atoms with Crippen molar-refractivity contribution in [3.63, 3.8) is 0 Å². The predicted molar refractivity (Wildman–Crippen MR) is 106 cm³/mol. The molecule has 0 spiro atoms. The molecule has 29 heavy (non-hydrogen) atoms. The van der Waals surface area contributed by atoms with Gasteiger partial charge in [0.05, 0.1) is 11.3 Å². The van der Waals surface area contributed by atoms with Gasteiger partial charge in [0.15, 0.2) is 0 Å². The van der Waals surface area contributed by atoms with E-state index in [4.69, 9.17) is 11.6 Å². The number of halogens is 5. The number of amides is 1. The first-order valence-corrected chi connectivity index (χ1v) is 9.37. The molecule has 154 valence electrons. The van der Waals surface area contributed by atoms with Crippen LogP contribution in [0.4, 0.5) is 23.2 Å². The van der Waals surface area contributed by atoms with Crippen molar-refractivity contribution in [2.45, 2.75) is 43.0 Å². The zero-order valence-corrected chi connectivity index (χ0v) is 16.5. The minimum Gasteiger partial charge on any atom is -0.434 e. The van der Waals surface area contributed by atoms with E-state index in [0.717, 1.165) is 17.5 Å². The van der Waals surface area contributed by atoms with E-state index in [-0.39, 0.29) is 22.9 Å². The minimum atomic E-state index is -3.06. The van der Waals surface area contributed by atoms with Gasteiger partial charge in [-0.2, -0.15) is 13.9 Å². The lowest BCUT2D eigenvalue weighted by Crippen LogP contribution is -2.21. The average molecular weight is 429 g/mol. The highest BCUT2D eigenvalue weighted by Crippen LogP contribution is 2.41. The van der Waals surface area contributed by atoms with Crippen LogP contribution in [0.5, 0.6) is 5.75 Å². The number of nitrogens with zero attached hydrogens (tertiary/aromatic N) is 2. The molecule has 0 atom stereocenters. The normalized spacial score (nSPS) is 14.4. The van der Waals surface area contributed by atoms with Crippen LogP contribution in [0, 0.1) is 0 Å². The molecule has 1 fully saturated rings. The second-order valence-corrected chi connectivity index (χ2v) is 8.28. The Morgan fingerprint density at radius 2 is 2.03 bits per heavy atom. The molecule has 5 nitrogen and oxygen atoms in total. The topological polar surface area (TPSA) is 56.2 Å². The molecule has 1 aliphatic carbocycles. The highest BCUT2D eigenvalue weighted by molar-refractivity contribution is 6.61. The minimum absolute atomic E-state index is 0.0619. The first kappa shape index (κ1) is 21.5. The quantitative estimate of drug-likeness (QED) is 0.399. The van der Waals surface area contributed by atoms with Gasteiger partial charge in [0.25, 0.3) is 12.3 Å². The van der Waals surface area contributed by atoms with Crippen molar-refractivity contribution in [3.8, 4) is 5.75 Å². The Morgan fingerprint density at radius 1 is 1.34 bits per heavy atom. The van der Waals surface area contributed by atoms with Gasteiger partial charge in [-0.15, -0.1) is 11.6 Å². The molecule has 1 heterocycles. The van der Waals surface area contributed by atoms with Crippen LogP contribution >= 0.6 is 11.6 Å². The Bertz CT molecular complexity index is 901. The molecule has 1 N–H and O–H groups in total. The summed E-state index contributed by atoms with van der Waals surface area (Å²) in [6.45, 7) is -3.67. The lowest BCUT2D eigenvalue weighted by Gasteiger charge is -2.21. The summed E-state index contributed by atoms with van der Waals surface area (Å²) in [4.78, 5) is 12.7. The van der Waals surface area contributed by atoms with Crippen LogP contribution in [-0.2, 0) is 11.2 Å². The molecule has 1 aromatic carbocycles. The summed E-state index contributed by atoms with van der Waals surface area (Å²) in [6, 6.07) is 4.25. The number of hydrogen-bond acceptors (Lipinski definition) is 3. The molecule has 12 heteroatoms. The maximum Gasteiger partial charge on any atom is 0.387 e. The van der Waals surface area contributed by atoms with Gasteiger partial charge in [0.2, 0.25) is 0 Å². The Morgan fingerprint density at radius 3 is 2.59 bits per heavy atom. The molecule has 2 aromatic rings. The number of hydrogen-bond donors (Lipinski definition) is 1. The number of nitrogens with one attached hydrogen (secondary N) is 1. The SMILES string of the molecule is BC(B)(Cl)c1ccc(NC(=O)c2cn(CC(F)F)nc2C2CC2)cc1OC(F)F. The molecule has 1 saturated carbocycles. The van der Waals surface area contributed by atoms with E-state index >= 15 is 0 Å². The van der Waals surface area contributed by atoms with Gasteiger partial charge in [-0.25, -0.2) is 8.78 Å². The van der Waals surface area contributed by atoms with Crippen molar-refractivity contribution >= 4 is 38.9 Å². The van der Waals surface area contributed by atoms with E-state index in [1.54, 1.807) is 15.7 Å². The van der Waals surface area contributed by atoms with E-state index in [0.29, 0.717) is 11.3 Å². The maximum absolute atomic E-state index is 12.8. The zero-order chi connectivity index (χ0) is 21.3. The van der Waals surface area contributed by atoms with Gasteiger partial charge >= 0.3 is 6.61 Å². The van der Waals surface area contributed by atoms with Crippen LogP contribution in [0.3, 0.4) is 0 Å². The van der Waals surface area contributed by atoms with Gasteiger partial charge in [-0.3, -0.25) is 9.48 Å². The molecule has 1 aromatic heterocycles. The summed E-state index contributed by atoms with van der Waals surface area (Å²) >= 11 is 6.22. The monoisotopic (exact) mass is 429 g/mol. The number of ether oxygens (including phenoxy) is 1. The lowest BCUT2D eigenvalue weighted by molar-refractivity contribution is -0.0503. The first-order valence-electron chi connectivity index (χ1n) is 8.99. The summed E-state index contributed by atoms with van der Waals surface area (Å²) in [5, 5.41) is 6.71. The molecule has 1 amide bonds. The Hall–Kier alpha value is -2.16. The zero-order valence-electron chi connectivity index (χ0n) is 15.8. The maximum atomic E-state index is 12.8. The Labute approximate surface area is 171 Å². The van der Waals surface area contributed by atoms with Gasteiger partial charge in [0.1, 0.15) is 28.0 Å². The fourth-order valence-corrected chi connectivity index (χ4v) is 3.14. The van der Waals surface area contributed by atoms with Crippen LogP contribution in [0.15, 0.2) is 24.4 Å². The number of anilines is 1. The fraction of sp³-hybridized carbons (Fsp3) is 0.412. The molecule has 0 saturated heterocycles. The van der Waals surface area contributed by atoms with Crippen molar-refractivity contribution in [2.75, 3.05) is 5.32 Å². The van der Waals surface area contributed by atoms with E-state index in [1.165, 1.54) is 24.4 Å². The third-order valence-electron chi connectivity index (χ3n) is 4.42. The Balaban J connectivity index is 1.86. The molecular formula is C17H18B2ClF4N3O2. The summed E-state index contributed by atoms with van der Waals surface area (Å²) in [6.07, 6.45) is 0.343. The van der Waals surface area contributed by atoms with E-state index in [9.17, 15) is 22.4 Å². The van der Waals surface area contributed by atoms with E-state index in [1.807, 2.05) is 0 Å². The average Bonchev–Trinajstić information content (AvgIpc) is 3.33. The van der Waals surface area contributed by atoms with Crippen LogP contribution in [-0.4, -0.2) is 44.4 Å². The second kappa shape index (κ2) is 8.30. The lowest BCUT2D eigenvalue weighted by atomic mass is 9.65. The van der Waals surface area contributed by atoms with Crippen LogP contribution < -0.4 is 10.1 Å². The number of carbonyl (C=O) groups is 1. The van der Waals surface area contributed by atoms with Crippen molar-refractivity contribution in [3.05, 3.63) is 41.2 Å². The number of aromatic nitrogens is 2. The smallest absolute Gasteiger partial charge is 0.387 e. The number of carbonyl (C=O) groups excluding carboxylic acids is 1. The van der Waals surface area contributed by atoms with E-state index in [2.05, 4.69) is 15.2 Å². The van der Waals surface area contributed by atoms with Crippen molar-refractivity contribution < 1.29 is 27.1 Å². The number of alkyl halides is 5. The fourth-order valence-electron chi connectivity index (χ4n) is 2.99. The highest BCUT2D eigenvalue weighted by atomic mass is 35.5. The van der Waals surface area contributed by atoms with Crippen molar-refractivity contribution in [1.29, 1.82) is 0 Å². The summed E-state index contributed by atoms with van der Waals surface area (Å²) in [5.74, 6) is -0.659. The molecule has 3 rings (SSSR count).